The number of ether oxygens (including phenoxy) is 2. The number of amides is 1. The zero-order valence-corrected chi connectivity index (χ0v) is 15.1. The number of nitrogens with one attached hydrogen (secondary N) is 1. The first kappa shape index (κ1) is 16.4. The maximum atomic E-state index is 12.8. The molecule has 5 atom stereocenters. The van der Waals surface area contributed by atoms with E-state index >= 15 is 0 Å². The van der Waals surface area contributed by atoms with Gasteiger partial charge in [-0.1, -0.05) is 18.2 Å². The molecular formula is C22H21NO4. The Labute approximate surface area is 157 Å². The molecule has 0 spiro atoms. The molecule has 138 valence electrons. The van der Waals surface area contributed by atoms with Gasteiger partial charge in [-0.3, -0.25) is 9.59 Å². The van der Waals surface area contributed by atoms with E-state index in [1.54, 1.807) is 0 Å². The fraction of sp³-hybridized carbons (Fsp3) is 0.364. The van der Waals surface area contributed by atoms with Crippen LogP contribution in [0, 0.1) is 30.6 Å². The van der Waals surface area contributed by atoms with Crippen LogP contribution in [0.2, 0.25) is 0 Å². The van der Waals surface area contributed by atoms with E-state index in [0.29, 0.717) is 11.4 Å². The van der Waals surface area contributed by atoms with Crippen LogP contribution in [0.15, 0.2) is 48.5 Å². The topological polar surface area (TPSA) is 64.6 Å². The highest BCUT2D eigenvalue weighted by molar-refractivity contribution is 5.97. The second kappa shape index (κ2) is 6.12. The van der Waals surface area contributed by atoms with Crippen molar-refractivity contribution in [1.82, 2.24) is 0 Å². The number of hydrogen-bond acceptors (Lipinski definition) is 4. The average Bonchev–Trinajstić information content (AvgIpc) is 3.27. The van der Waals surface area contributed by atoms with E-state index in [1.807, 2.05) is 55.5 Å². The van der Waals surface area contributed by atoms with Crippen molar-refractivity contribution in [1.29, 1.82) is 0 Å². The summed E-state index contributed by atoms with van der Waals surface area (Å²) in [5.74, 6) is 1.25. The van der Waals surface area contributed by atoms with Gasteiger partial charge in [0.05, 0.1) is 11.8 Å². The number of anilines is 1. The second-order valence-corrected chi connectivity index (χ2v) is 7.80. The average molecular weight is 363 g/mol. The van der Waals surface area contributed by atoms with Crippen LogP contribution < -0.4 is 10.1 Å². The first-order chi connectivity index (χ1) is 13.1. The summed E-state index contributed by atoms with van der Waals surface area (Å²) in [5, 5.41) is 2.97. The molecule has 0 radical (unpaired) electrons. The summed E-state index contributed by atoms with van der Waals surface area (Å²) in [6.07, 6.45) is 1.81. The first-order valence-electron chi connectivity index (χ1n) is 9.45. The molecule has 5 heteroatoms. The van der Waals surface area contributed by atoms with Gasteiger partial charge in [0.2, 0.25) is 5.91 Å². The zero-order chi connectivity index (χ0) is 18.5. The van der Waals surface area contributed by atoms with Gasteiger partial charge in [-0.05, 0) is 61.6 Å². The molecule has 5 rings (SSSR count). The van der Waals surface area contributed by atoms with E-state index in [-0.39, 0.29) is 41.7 Å². The molecule has 0 unspecified atom stereocenters. The van der Waals surface area contributed by atoms with Gasteiger partial charge in [0.1, 0.15) is 17.6 Å². The standard InChI is InChI=1S/C22H21NO4/c1-12-4-2-3-5-17(12)26-15-8-6-14(7-9-15)23-21(24)19-13-10-16-18(11-13)27-22(25)20(16)19/h2-9,13,16,18-20H,10-11H2,1H3,(H,23,24)/t13-,16-,18-,19-,20+/m1/s1. The summed E-state index contributed by atoms with van der Waals surface area (Å²) in [6.45, 7) is 2.00. The van der Waals surface area contributed by atoms with E-state index in [1.165, 1.54) is 0 Å². The van der Waals surface area contributed by atoms with Crippen LogP contribution in [0.4, 0.5) is 5.69 Å². The van der Waals surface area contributed by atoms with Gasteiger partial charge in [-0.2, -0.15) is 0 Å². The van der Waals surface area contributed by atoms with Gasteiger partial charge in [0.25, 0.3) is 0 Å². The fourth-order valence-electron chi connectivity index (χ4n) is 4.99. The predicted octanol–water partition coefficient (Wildman–Crippen LogP) is 3.92. The molecule has 2 aromatic carbocycles. The molecule has 1 saturated heterocycles. The Morgan fingerprint density at radius 2 is 1.89 bits per heavy atom. The lowest BCUT2D eigenvalue weighted by Crippen LogP contribution is -2.35. The maximum absolute atomic E-state index is 12.8. The van der Waals surface area contributed by atoms with Crippen molar-refractivity contribution in [2.24, 2.45) is 23.7 Å². The first-order valence-corrected chi connectivity index (χ1v) is 9.45. The van der Waals surface area contributed by atoms with Crippen LogP contribution in [-0.4, -0.2) is 18.0 Å². The number of carbonyl (C=O) groups is 2. The monoisotopic (exact) mass is 363 g/mol. The number of esters is 1. The van der Waals surface area contributed by atoms with Gasteiger partial charge < -0.3 is 14.8 Å². The van der Waals surface area contributed by atoms with Crippen LogP contribution in [-0.2, 0) is 14.3 Å². The maximum Gasteiger partial charge on any atom is 0.310 e. The van der Waals surface area contributed by atoms with Crippen LogP contribution in [0.25, 0.3) is 0 Å². The second-order valence-electron chi connectivity index (χ2n) is 7.80. The van der Waals surface area contributed by atoms with Crippen molar-refractivity contribution in [3.63, 3.8) is 0 Å². The summed E-state index contributed by atoms with van der Waals surface area (Å²) < 4.78 is 11.3. The third kappa shape index (κ3) is 2.69. The Balaban J connectivity index is 1.27. The Morgan fingerprint density at radius 1 is 1.11 bits per heavy atom. The zero-order valence-electron chi connectivity index (χ0n) is 15.1. The molecule has 2 aromatic rings. The highest BCUT2D eigenvalue weighted by Crippen LogP contribution is 2.57. The lowest BCUT2D eigenvalue weighted by Gasteiger charge is -2.23. The van der Waals surface area contributed by atoms with Gasteiger partial charge in [0.15, 0.2) is 0 Å². The smallest absolute Gasteiger partial charge is 0.310 e. The number of carbonyl (C=O) groups excluding carboxylic acids is 2. The highest BCUT2D eigenvalue weighted by atomic mass is 16.6. The molecule has 5 nitrogen and oxygen atoms in total. The molecule has 2 aliphatic carbocycles. The molecule has 3 fully saturated rings. The van der Waals surface area contributed by atoms with Crippen LogP contribution in [0.1, 0.15) is 18.4 Å². The molecule has 3 aliphatic rings. The molecule has 1 aliphatic heterocycles. The molecule has 27 heavy (non-hydrogen) atoms. The minimum atomic E-state index is -0.260. The van der Waals surface area contributed by atoms with Gasteiger partial charge in [-0.25, -0.2) is 0 Å². The number of fused-ring (bicyclic) bond motifs is 1. The molecule has 1 amide bonds. The molecule has 2 bridgehead atoms. The molecule has 1 N–H and O–H groups in total. The van der Waals surface area contributed by atoms with E-state index in [9.17, 15) is 9.59 Å². The molecule has 2 saturated carbocycles. The third-order valence-corrected chi connectivity index (χ3v) is 6.23. The van der Waals surface area contributed by atoms with Crippen molar-refractivity contribution >= 4 is 17.6 Å². The summed E-state index contributed by atoms with van der Waals surface area (Å²) in [4.78, 5) is 24.9. The minimum absolute atomic E-state index is 0.0504. The van der Waals surface area contributed by atoms with Crippen LogP contribution in [0.3, 0.4) is 0 Å². The van der Waals surface area contributed by atoms with E-state index in [4.69, 9.17) is 9.47 Å². The van der Waals surface area contributed by atoms with Crippen LogP contribution in [0.5, 0.6) is 11.5 Å². The summed E-state index contributed by atoms with van der Waals surface area (Å²) in [7, 11) is 0. The number of benzene rings is 2. The summed E-state index contributed by atoms with van der Waals surface area (Å²) in [6, 6.07) is 15.2. The molecular weight excluding hydrogens is 342 g/mol. The van der Waals surface area contributed by atoms with Crippen molar-refractivity contribution in [3.8, 4) is 11.5 Å². The summed E-state index contributed by atoms with van der Waals surface area (Å²) in [5.41, 5.74) is 1.77. The van der Waals surface area contributed by atoms with Crippen LogP contribution >= 0.6 is 0 Å². The van der Waals surface area contributed by atoms with Crippen molar-refractivity contribution in [2.75, 3.05) is 5.32 Å². The Bertz CT molecular complexity index is 905. The van der Waals surface area contributed by atoms with Gasteiger partial charge in [-0.15, -0.1) is 0 Å². The summed E-state index contributed by atoms with van der Waals surface area (Å²) >= 11 is 0. The quantitative estimate of drug-likeness (QED) is 0.836. The van der Waals surface area contributed by atoms with Gasteiger partial charge in [0, 0.05) is 11.6 Å². The minimum Gasteiger partial charge on any atom is -0.462 e. The number of para-hydroxylation sites is 1. The van der Waals surface area contributed by atoms with Crippen molar-refractivity contribution in [3.05, 3.63) is 54.1 Å². The highest BCUT2D eigenvalue weighted by Gasteiger charge is 2.63. The largest absolute Gasteiger partial charge is 0.462 e. The predicted molar refractivity (Wildman–Crippen MR) is 99.4 cm³/mol. The van der Waals surface area contributed by atoms with Crippen molar-refractivity contribution in [2.45, 2.75) is 25.9 Å². The lowest BCUT2D eigenvalue weighted by molar-refractivity contribution is -0.145. The Hall–Kier alpha value is -2.82. The van der Waals surface area contributed by atoms with E-state index < -0.39 is 0 Å². The van der Waals surface area contributed by atoms with Crippen molar-refractivity contribution < 1.29 is 19.1 Å². The number of aryl methyl sites for hydroxylation is 1. The van der Waals surface area contributed by atoms with Gasteiger partial charge >= 0.3 is 5.97 Å². The fourth-order valence-corrected chi connectivity index (χ4v) is 4.99. The van der Waals surface area contributed by atoms with E-state index in [0.717, 1.165) is 24.2 Å². The normalized spacial score (nSPS) is 30.3. The molecule has 1 heterocycles. The Morgan fingerprint density at radius 3 is 2.67 bits per heavy atom. The number of rotatable bonds is 4. The lowest BCUT2D eigenvalue weighted by atomic mass is 9.79. The number of hydrogen-bond donors (Lipinski definition) is 1. The van der Waals surface area contributed by atoms with E-state index in [2.05, 4.69) is 5.32 Å². The Kier molecular flexibility index (Phi) is 3.71. The molecule has 0 aromatic heterocycles. The SMILES string of the molecule is Cc1ccccc1Oc1ccc(NC(=O)[C@@H]2[C@@H]3C[C@H]4[C@@H]2C(=O)O[C@@H]4C3)cc1. The third-order valence-electron chi connectivity index (χ3n) is 6.23.